The summed E-state index contributed by atoms with van der Waals surface area (Å²) in [6.45, 7) is 4.41. The van der Waals surface area contributed by atoms with Crippen molar-refractivity contribution in [2.24, 2.45) is 0 Å². The van der Waals surface area contributed by atoms with Crippen molar-refractivity contribution in [1.82, 2.24) is 4.90 Å². The van der Waals surface area contributed by atoms with E-state index in [2.05, 4.69) is 24.0 Å². The molecule has 1 aromatic carbocycles. The van der Waals surface area contributed by atoms with Gasteiger partial charge in [0.2, 0.25) is 0 Å². The first-order chi connectivity index (χ1) is 9.16. The highest BCUT2D eigenvalue weighted by Gasteiger charge is 2.27. The Bertz CT molecular complexity index is 407. The maximum Gasteiger partial charge on any atom is 0.303 e. The molecule has 0 amide bonds. The molecule has 1 heterocycles. The van der Waals surface area contributed by atoms with Crippen LogP contribution >= 0.6 is 0 Å². The van der Waals surface area contributed by atoms with Gasteiger partial charge >= 0.3 is 5.97 Å². The van der Waals surface area contributed by atoms with Crippen molar-refractivity contribution in [3.05, 3.63) is 35.9 Å². The molecule has 1 aliphatic heterocycles. The number of aliphatic carboxylic acids is 1. The summed E-state index contributed by atoms with van der Waals surface area (Å²) in [6.07, 6.45) is 1.13. The molecule has 2 rings (SSSR count). The minimum Gasteiger partial charge on any atom is -0.481 e. The highest BCUT2D eigenvalue weighted by atomic mass is 16.5. The average Bonchev–Trinajstić information content (AvgIpc) is 2.39. The van der Waals surface area contributed by atoms with E-state index in [1.807, 2.05) is 18.2 Å². The van der Waals surface area contributed by atoms with E-state index < -0.39 is 5.97 Å². The molecule has 1 aliphatic rings. The number of carboxylic acid groups (broad SMARTS) is 1. The van der Waals surface area contributed by atoms with E-state index in [9.17, 15) is 4.79 Å². The number of nitrogens with zero attached hydrogens (tertiary/aromatic N) is 1. The fourth-order valence-electron chi connectivity index (χ4n) is 2.53. The Morgan fingerprint density at radius 2 is 2.16 bits per heavy atom. The van der Waals surface area contributed by atoms with Crippen molar-refractivity contribution < 1.29 is 14.6 Å². The number of rotatable bonds is 5. The van der Waals surface area contributed by atoms with Crippen LogP contribution in [0.15, 0.2) is 30.3 Å². The molecule has 0 aromatic heterocycles. The Hall–Kier alpha value is -1.39. The molecule has 0 bridgehead atoms. The van der Waals surface area contributed by atoms with Crippen LogP contribution in [0.4, 0.5) is 0 Å². The summed E-state index contributed by atoms with van der Waals surface area (Å²) in [7, 11) is 0. The van der Waals surface area contributed by atoms with Crippen molar-refractivity contribution >= 4 is 5.97 Å². The van der Waals surface area contributed by atoms with E-state index in [-0.39, 0.29) is 18.6 Å². The number of carboxylic acids is 1. The molecule has 19 heavy (non-hydrogen) atoms. The number of carbonyl (C=O) groups is 1. The molecule has 0 spiro atoms. The van der Waals surface area contributed by atoms with Gasteiger partial charge in [-0.15, -0.1) is 0 Å². The van der Waals surface area contributed by atoms with Gasteiger partial charge in [-0.3, -0.25) is 9.69 Å². The Balaban J connectivity index is 2.00. The quantitative estimate of drug-likeness (QED) is 0.885. The van der Waals surface area contributed by atoms with E-state index in [4.69, 9.17) is 9.84 Å². The third-order valence-electron chi connectivity index (χ3n) is 3.49. The highest BCUT2D eigenvalue weighted by Crippen LogP contribution is 2.26. The van der Waals surface area contributed by atoms with Crippen molar-refractivity contribution in [2.45, 2.75) is 31.9 Å². The molecule has 4 heteroatoms. The summed E-state index contributed by atoms with van der Waals surface area (Å²) in [5, 5.41) is 8.73. The first-order valence-electron chi connectivity index (χ1n) is 6.79. The van der Waals surface area contributed by atoms with E-state index in [1.165, 1.54) is 5.56 Å². The second-order valence-corrected chi connectivity index (χ2v) is 5.06. The van der Waals surface area contributed by atoms with E-state index in [0.29, 0.717) is 13.0 Å². The summed E-state index contributed by atoms with van der Waals surface area (Å²) in [4.78, 5) is 13.0. The summed E-state index contributed by atoms with van der Waals surface area (Å²) < 4.78 is 5.74. The average molecular weight is 263 g/mol. The van der Waals surface area contributed by atoms with Crippen LogP contribution in [-0.2, 0) is 9.53 Å². The Kier molecular flexibility index (Phi) is 4.93. The van der Waals surface area contributed by atoms with E-state index in [0.717, 1.165) is 13.1 Å². The topological polar surface area (TPSA) is 49.8 Å². The molecule has 4 nitrogen and oxygen atoms in total. The van der Waals surface area contributed by atoms with Crippen LogP contribution in [0.25, 0.3) is 0 Å². The van der Waals surface area contributed by atoms with E-state index in [1.54, 1.807) is 0 Å². The smallest absolute Gasteiger partial charge is 0.303 e. The van der Waals surface area contributed by atoms with Crippen molar-refractivity contribution in [2.75, 3.05) is 19.7 Å². The fourth-order valence-corrected chi connectivity index (χ4v) is 2.53. The second kappa shape index (κ2) is 6.68. The molecule has 0 radical (unpaired) electrons. The van der Waals surface area contributed by atoms with Gasteiger partial charge in [-0.05, 0) is 25.5 Å². The SMILES string of the molecule is C[C@@H]1CN(CCCC(=O)O)[C@@H](c2ccccc2)CO1. The molecular weight excluding hydrogens is 242 g/mol. The summed E-state index contributed by atoms with van der Waals surface area (Å²) in [5.41, 5.74) is 1.24. The predicted octanol–water partition coefficient (Wildman–Crippen LogP) is 2.31. The number of ether oxygens (including phenoxy) is 1. The first-order valence-corrected chi connectivity index (χ1v) is 6.79. The lowest BCUT2D eigenvalue weighted by atomic mass is 10.0. The van der Waals surface area contributed by atoms with Crippen LogP contribution < -0.4 is 0 Å². The zero-order valence-electron chi connectivity index (χ0n) is 11.3. The molecule has 0 aliphatic carbocycles. The number of benzene rings is 1. The summed E-state index contributed by atoms with van der Waals surface area (Å²) in [6, 6.07) is 10.5. The number of hydrogen-bond donors (Lipinski definition) is 1. The first kappa shape index (κ1) is 14.0. The fraction of sp³-hybridized carbons (Fsp3) is 0.533. The predicted molar refractivity (Wildman–Crippen MR) is 73.0 cm³/mol. The molecule has 104 valence electrons. The summed E-state index contributed by atoms with van der Waals surface area (Å²) >= 11 is 0. The lowest BCUT2D eigenvalue weighted by molar-refractivity contribution is -0.137. The third-order valence-corrected chi connectivity index (χ3v) is 3.49. The minimum atomic E-state index is -0.724. The van der Waals surface area contributed by atoms with Crippen LogP contribution in [-0.4, -0.2) is 41.8 Å². The van der Waals surface area contributed by atoms with Gasteiger partial charge in [0.1, 0.15) is 0 Å². The maximum atomic E-state index is 10.6. The third kappa shape index (κ3) is 4.04. The van der Waals surface area contributed by atoms with Gasteiger partial charge in [0.15, 0.2) is 0 Å². The normalized spacial score (nSPS) is 24.3. The molecule has 2 atom stereocenters. The van der Waals surface area contributed by atoms with Crippen molar-refractivity contribution in [3.8, 4) is 0 Å². The molecule has 1 fully saturated rings. The maximum absolute atomic E-state index is 10.6. The Morgan fingerprint density at radius 1 is 1.42 bits per heavy atom. The van der Waals surface area contributed by atoms with Gasteiger partial charge in [0.25, 0.3) is 0 Å². The largest absolute Gasteiger partial charge is 0.481 e. The van der Waals surface area contributed by atoms with Gasteiger partial charge in [-0.25, -0.2) is 0 Å². The number of hydrogen-bond acceptors (Lipinski definition) is 3. The molecule has 1 aromatic rings. The van der Waals surface area contributed by atoms with Gasteiger partial charge in [0, 0.05) is 13.0 Å². The van der Waals surface area contributed by atoms with Gasteiger partial charge in [-0.2, -0.15) is 0 Å². The molecular formula is C15H21NO3. The number of morpholine rings is 1. The van der Waals surface area contributed by atoms with Gasteiger partial charge < -0.3 is 9.84 Å². The van der Waals surface area contributed by atoms with Crippen molar-refractivity contribution in [3.63, 3.8) is 0 Å². The van der Waals surface area contributed by atoms with Crippen LogP contribution in [0.1, 0.15) is 31.4 Å². The van der Waals surface area contributed by atoms with E-state index >= 15 is 0 Å². The zero-order valence-corrected chi connectivity index (χ0v) is 11.3. The second-order valence-electron chi connectivity index (χ2n) is 5.06. The standard InChI is InChI=1S/C15H21NO3/c1-12-10-16(9-5-8-15(17)18)14(11-19-12)13-6-3-2-4-7-13/h2-4,6-7,12,14H,5,8-11H2,1H3,(H,17,18)/t12-,14-/m1/s1. The van der Waals surface area contributed by atoms with Crippen LogP contribution in [0.5, 0.6) is 0 Å². The van der Waals surface area contributed by atoms with Crippen LogP contribution in [0, 0.1) is 0 Å². The molecule has 1 saturated heterocycles. The van der Waals surface area contributed by atoms with Crippen LogP contribution in [0.2, 0.25) is 0 Å². The molecule has 0 unspecified atom stereocenters. The molecule has 1 N–H and O–H groups in total. The highest BCUT2D eigenvalue weighted by molar-refractivity contribution is 5.66. The molecule has 0 saturated carbocycles. The Morgan fingerprint density at radius 3 is 2.84 bits per heavy atom. The zero-order chi connectivity index (χ0) is 13.7. The lowest BCUT2D eigenvalue weighted by Crippen LogP contribution is -2.44. The Labute approximate surface area is 114 Å². The monoisotopic (exact) mass is 263 g/mol. The minimum absolute atomic E-state index is 0.213. The van der Waals surface area contributed by atoms with Crippen LogP contribution in [0.3, 0.4) is 0 Å². The summed E-state index contributed by atoms with van der Waals surface area (Å²) in [5.74, 6) is -0.724. The van der Waals surface area contributed by atoms with Gasteiger partial charge in [-0.1, -0.05) is 30.3 Å². The van der Waals surface area contributed by atoms with Crippen molar-refractivity contribution in [1.29, 1.82) is 0 Å². The van der Waals surface area contributed by atoms with Gasteiger partial charge in [0.05, 0.1) is 18.8 Å². The lowest BCUT2D eigenvalue weighted by Gasteiger charge is -2.39.